The van der Waals surface area contributed by atoms with E-state index in [2.05, 4.69) is 20.1 Å². The Bertz CT molecular complexity index is 1470. The fourth-order valence-electron chi connectivity index (χ4n) is 3.76. The van der Waals surface area contributed by atoms with Crippen LogP contribution in [-0.4, -0.2) is 29.1 Å². The van der Waals surface area contributed by atoms with Crippen molar-refractivity contribution in [1.82, 2.24) is 14.8 Å². The van der Waals surface area contributed by atoms with Gasteiger partial charge in [0.1, 0.15) is 0 Å². The Kier molecular flexibility index (Phi) is 6.14. The topological polar surface area (TPSA) is 106 Å². The summed E-state index contributed by atoms with van der Waals surface area (Å²) < 4.78 is 30.2. The number of hydrogen-bond acceptors (Lipinski definition) is 5. The summed E-state index contributed by atoms with van der Waals surface area (Å²) in [5.41, 5.74) is 4.48. The normalized spacial score (nSPS) is 11.7. The van der Waals surface area contributed by atoms with Crippen LogP contribution in [0.3, 0.4) is 0 Å². The van der Waals surface area contributed by atoms with Crippen LogP contribution < -0.4 is 10.0 Å². The summed E-state index contributed by atoms with van der Waals surface area (Å²) in [4.78, 5) is 17.6. The number of aromatic nitrogens is 3. The van der Waals surface area contributed by atoms with Gasteiger partial charge in [0.2, 0.25) is 0 Å². The average Bonchev–Trinajstić information content (AvgIpc) is 3.19. The molecule has 0 unspecified atom stereocenters. The second-order valence-electron chi connectivity index (χ2n) is 8.57. The van der Waals surface area contributed by atoms with Crippen LogP contribution in [0.1, 0.15) is 47.1 Å². The second kappa shape index (κ2) is 8.90. The number of hydrogen-bond donors (Lipinski definition) is 2. The van der Waals surface area contributed by atoms with E-state index in [-0.39, 0.29) is 16.8 Å². The highest BCUT2D eigenvalue weighted by molar-refractivity contribution is 7.92. The van der Waals surface area contributed by atoms with E-state index >= 15 is 0 Å². The molecule has 34 heavy (non-hydrogen) atoms. The first-order chi connectivity index (χ1) is 16.1. The summed E-state index contributed by atoms with van der Waals surface area (Å²) in [5.74, 6) is -0.325. The van der Waals surface area contributed by atoms with E-state index in [1.807, 2.05) is 50.6 Å². The highest BCUT2D eigenvalue weighted by Crippen LogP contribution is 2.25. The number of carbonyl (C=O) groups excluding carboxylic acids is 1. The van der Waals surface area contributed by atoms with Gasteiger partial charge in [0.25, 0.3) is 15.9 Å². The largest absolute Gasteiger partial charge is 0.322 e. The van der Waals surface area contributed by atoms with E-state index in [0.29, 0.717) is 22.6 Å². The number of rotatable bonds is 6. The quantitative estimate of drug-likeness (QED) is 0.407. The molecule has 0 bridgehead atoms. The molecule has 0 aliphatic heterocycles. The van der Waals surface area contributed by atoms with Crippen LogP contribution in [0.4, 0.5) is 11.4 Å². The fraction of sp³-hybridized carbons (Fsp3) is 0.240. The van der Waals surface area contributed by atoms with Crippen molar-refractivity contribution in [2.45, 2.75) is 45.6 Å². The zero-order valence-corrected chi connectivity index (χ0v) is 20.6. The number of nitrogens with zero attached hydrogens (tertiary/aromatic N) is 3. The number of para-hydroxylation sites is 1. The highest BCUT2D eigenvalue weighted by Gasteiger charge is 2.18. The summed E-state index contributed by atoms with van der Waals surface area (Å²) in [7, 11) is -3.77. The van der Waals surface area contributed by atoms with E-state index in [0.717, 1.165) is 22.2 Å². The van der Waals surface area contributed by atoms with E-state index in [1.54, 1.807) is 31.3 Å². The lowest BCUT2D eigenvalue weighted by Gasteiger charge is -2.14. The van der Waals surface area contributed by atoms with Gasteiger partial charge in [0.15, 0.2) is 5.65 Å². The zero-order chi connectivity index (χ0) is 24.6. The van der Waals surface area contributed by atoms with Crippen LogP contribution in [0.5, 0.6) is 0 Å². The molecule has 2 aromatic carbocycles. The van der Waals surface area contributed by atoms with Gasteiger partial charge in [0.05, 0.1) is 28.0 Å². The van der Waals surface area contributed by atoms with Crippen molar-refractivity contribution in [3.05, 3.63) is 77.1 Å². The van der Waals surface area contributed by atoms with Gasteiger partial charge < -0.3 is 5.32 Å². The summed E-state index contributed by atoms with van der Waals surface area (Å²) in [6.45, 7) is 9.52. The molecule has 176 valence electrons. The fourth-order valence-corrected chi connectivity index (χ4v) is 4.96. The molecule has 2 heterocycles. The molecule has 0 aliphatic rings. The van der Waals surface area contributed by atoms with Gasteiger partial charge in [-0.3, -0.25) is 9.52 Å². The number of fused-ring (bicyclic) bond motifs is 1. The van der Waals surface area contributed by atoms with Gasteiger partial charge >= 0.3 is 0 Å². The zero-order valence-electron chi connectivity index (χ0n) is 19.7. The van der Waals surface area contributed by atoms with E-state index in [4.69, 9.17) is 0 Å². The van der Waals surface area contributed by atoms with Crippen LogP contribution >= 0.6 is 0 Å². The molecule has 2 N–H and O–H groups in total. The predicted octanol–water partition coefficient (Wildman–Crippen LogP) is 4.99. The van der Waals surface area contributed by atoms with Crippen molar-refractivity contribution in [1.29, 1.82) is 0 Å². The minimum atomic E-state index is -3.77. The molecule has 0 aliphatic carbocycles. The SMILES string of the molecule is Cc1cccc(C)c1NS(=O)(=O)c1ccc(NC(=O)c2cc3cnn(C(C)C)c3nc2C)cc1. The molecule has 0 saturated heterocycles. The molecule has 0 atom stereocenters. The standard InChI is InChI=1S/C25H27N5O3S/c1-15(2)30-24-19(14-26-30)13-22(18(5)27-24)25(31)28-20-9-11-21(12-10-20)34(32,33)29-23-16(3)7-6-8-17(23)4/h6-15,29H,1-5H3,(H,28,31). The van der Waals surface area contributed by atoms with Crippen LogP contribution in [0.25, 0.3) is 11.0 Å². The Morgan fingerprint density at radius 3 is 2.26 bits per heavy atom. The Morgan fingerprint density at radius 2 is 1.65 bits per heavy atom. The number of aryl methyl sites for hydroxylation is 3. The second-order valence-corrected chi connectivity index (χ2v) is 10.3. The van der Waals surface area contributed by atoms with Gasteiger partial charge in [-0.15, -0.1) is 0 Å². The highest BCUT2D eigenvalue weighted by atomic mass is 32.2. The molecular weight excluding hydrogens is 450 g/mol. The summed E-state index contributed by atoms with van der Waals surface area (Å²) in [6.07, 6.45) is 1.70. The number of sulfonamides is 1. The maximum atomic E-state index is 12.9. The lowest BCUT2D eigenvalue weighted by atomic mass is 10.1. The molecule has 0 saturated carbocycles. The molecule has 9 heteroatoms. The van der Waals surface area contributed by atoms with Crippen molar-refractivity contribution in [3.8, 4) is 0 Å². The molecule has 2 aromatic heterocycles. The minimum absolute atomic E-state index is 0.105. The van der Waals surface area contributed by atoms with Gasteiger partial charge in [-0.2, -0.15) is 5.10 Å². The van der Waals surface area contributed by atoms with E-state index in [9.17, 15) is 13.2 Å². The average molecular weight is 478 g/mol. The van der Waals surface area contributed by atoms with Crippen LogP contribution in [0.2, 0.25) is 0 Å². The van der Waals surface area contributed by atoms with Crippen molar-refractivity contribution < 1.29 is 13.2 Å². The van der Waals surface area contributed by atoms with Crippen molar-refractivity contribution in [3.63, 3.8) is 0 Å². The number of pyridine rings is 1. The molecule has 0 spiro atoms. The molecule has 0 radical (unpaired) electrons. The first-order valence-corrected chi connectivity index (χ1v) is 12.4. The Hall–Kier alpha value is -3.72. The molecular formula is C25H27N5O3S. The van der Waals surface area contributed by atoms with Crippen molar-refractivity contribution in [2.24, 2.45) is 0 Å². The molecule has 8 nitrogen and oxygen atoms in total. The first-order valence-electron chi connectivity index (χ1n) is 10.9. The third-order valence-corrected chi connectivity index (χ3v) is 7.00. The van der Waals surface area contributed by atoms with Crippen LogP contribution in [0.15, 0.2) is 59.6 Å². The smallest absolute Gasteiger partial charge is 0.261 e. The Morgan fingerprint density at radius 1 is 1.00 bits per heavy atom. The van der Waals surface area contributed by atoms with E-state index < -0.39 is 10.0 Å². The first kappa shape index (κ1) is 23.4. The molecule has 1 amide bonds. The van der Waals surface area contributed by atoms with Gasteiger partial charge in [-0.25, -0.2) is 18.1 Å². The van der Waals surface area contributed by atoms with Crippen molar-refractivity contribution >= 4 is 38.3 Å². The van der Waals surface area contributed by atoms with Crippen molar-refractivity contribution in [2.75, 3.05) is 10.0 Å². The Balaban J connectivity index is 1.53. The van der Waals surface area contributed by atoms with Gasteiger partial charge in [-0.1, -0.05) is 18.2 Å². The number of anilines is 2. The van der Waals surface area contributed by atoms with E-state index in [1.165, 1.54) is 12.1 Å². The summed E-state index contributed by atoms with van der Waals surface area (Å²) in [6, 6.07) is 13.6. The summed E-state index contributed by atoms with van der Waals surface area (Å²) in [5, 5.41) is 7.95. The minimum Gasteiger partial charge on any atom is -0.322 e. The molecule has 4 aromatic rings. The summed E-state index contributed by atoms with van der Waals surface area (Å²) >= 11 is 0. The predicted molar refractivity (Wildman–Crippen MR) is 134 cm³/mol. The molecule has 4 rings (SSSR count). The monoisotopic (exact) mass is 477 g/mol. The number of nitrogens with one attached hydrogen (secondary N) is 2. The lowest BCUT2D eigenvalue weighted by molar-refractivity contribution is 0.102. The third kappa shape index (κ3) is 4.51. The maximum Gasteiger partial charge on any atom is 0.261 e. The molecule has 0 fully saturated rings. The van der Waals surface area contributed by atoms with Crippen LogP contribution in [-0.2, 0) is 10.0 Å². The van der Waals surface area contributed by atoms with Gasteiger partial charge in [-0.05, 0) is 76.1 Å². The number of amides is 1. The lowest BCUT2D eigenvalue weighted by Crippen LogP contribution is -2.16. The number of benzene rings is 2. The number of carbonyl (C=O) groups is 1. The van der Waals surface area contributed by atoms with Gasteiger partial charge in [0, 0.05) is 17.1 Å². The van der Waals surface area contributed by atoms with Crippen LogP contribution in [0, 0.1) is 20.8 Å². The Labute approximate surface area is 199 Å². The third-order valence-electron chi connectivity index (χ3n) is 5.63. The maximum absolute atomic E-state index is 12.9.